The number of benzene rings is 1. The quantitative estimate of drug-likeness (QED) is 0.463. The summed E-state index contributed by atoms with van der Waals surface area (Å²) in [5.74, 6) is 2.51. The van der Waals surface area contributed by atoms with Crippen molar-refractivity contribution in [1.29, 1.82) is 0 Å². The average molecular weight is 372 g/mol. The zero-order chi connectivity index (χ0) is 18.6. The number of carbonyl (C=O) groups excluding carboxylic acids is 2. The number of anilines is 2. The van der Waals surface area contributed by atoms with Gasteiger partial charge in [0.1, 0.15) is 0 Å². The number of para-hydroxylation sites is 1. The maximum Gasteiger partial charge on any atom is 0.224 e. The molecule has 0 aliphatic rings. The molecule has 7 heteroatoms. The lowest BCUT2D eigenvalue weighted by Gasteiger charge is -2.09. The van der Waals surface area contributed by atoms with Gasteiger partial charge in [-0.3, -0.25) is 9.59 Å². The first kappa shape index (κ1) is 19.9. The van der Waals surface area contributed by atoms with E-state index in [0.717, 1.165) is 30.9 Å². The fourth-order valence-corrected chi connectivity index (χ4v) is 3.21. The van der Waals surface area contributed by atoms with Crippen molar-refractivity contribution in [2.45, 2.75) is 26.2 Å². The highest BCUT2D eigenvalue weighted by molar-refractivity contribution is 7.99. The van der Waals surface area contributed by atoms with Gasteiger partial charge in [-0.15, -0.1) is 0 Å². The van der Waals surface area contributed by atoms with E-state index in [0.29, 0.717) is 23.6 Å². The van der Waals surface area contributed by atoms with Gasteiger partial charge in [0.05, 0.1) is 5.69 Å². The van der Waals surface area contributed by atoms with E-state index in [2.05, 4.69) is 20.6 Å². The van der Waals surface area contributed by atoms with Crippen LogP contribution in [0.4, 0.5) is 11.6 Å². The van der Waals surface area contributed by atoms with Crippen molar-refractivity contribution in [3.05, 3.63) is 48.3 Å². The molecule has 0 aliphatic carbocycles. The third-order valence-electron chi connectivity index (χ3n) is 3.59. The molecule has 0 fully saturated rings. The second kappa shape index (κ2) is 11.3. The van der Waals surface area contributed by atoms with Gasteiger partial charge < -0.3 is 10.6 Å². The van der Waals surface area contributed by atoms with Crippen LogP contribution in [-0.4, -0.2) is 39.7 Å². The zero-order valence-electron chi connectivity index (χ0n) is 14.9. The standard InChI is InChI=1S/C19H24N4O2S/c1-15(24)16-7-2-3-8-17(16)23-18(25)9-4-13-26-14-6-12-22-19-20-10-5-11-21-19/h2-3,5,7-8,10-11H,4,6,9,12-14H2,1H3,(H,23,25)(H,20,21,22). The Bertz CT molecular complexity index is 710. The Morgan fingerprint density at radius 2 is 1.77 bits per heavy atom. The first-order valence-corrected chi connectivity index (χ1v) is 9.81. The predicted molar refractivity (Wildman–Crippen MR) is 107 cm³/mol. The molecule has 2 N–H and O–H groups in total. The van der Waals surface area contributed by atoms with Gasteiger partial charge in [-0.1, -0.05) is 12.1 Å². The van der Waals surface area contributed by atoms with Crippen LogP contribution in [0.1, 0.15) is 36.5 Å². The maximum absolute atomic E-state index is 12.0. The molecule has 1 heterocycles. The fourth-order valence-electron chi connectivity index (χ4n) is 2.31. The van der Waals surface area contributed by atoms with Crippen LogP contribution in [0.25, 0.3) is 0 Å². The molecule has 0 saturated heterocycles. The molecule has 6 nitrogen and oxygen atoms in total. The van der Waals surface area contributed by atoms with Crippen molar-refractivity contribution in [3.63, 3.8) is 0 Å². The number of hydrogen-bond donors (Lipinski definition) is 2. The van der Waals surface area contributed by atoms with E-state index in [1.54, 1.807) is 36.7 Å². The number of hydrogen-bond acceptors (Lipinski definition) is 6. The van der Waals surface area contributed by atoms with Crippen molar-refractivity contribution < 1.29 is 9.59 Å². The van der Waals surface area contributed by atoms with Crippen molar-refractivity contribution in [1.82, 2.24) is 9.97 Å². The van der Waals surface area contributed by atoms with Crippen LogP contribution in [0.2, 0.25) is 0 Å². The zero-order valence-corrected chi connectivity index (χ0v) is 15.7. The van der Waals surface area contributed by atoms with E-state index >= 15 is 0 Å². The second-order valence-electron chi connectivity index (χ2n) is 5.72. The minimum atomic E-state index is -0.0535. The summed E-state index contributed by atoms with van der Waals surface area (Å²) in [4.78, 5) is 31.8. The highest BCUT2D eigenvalue weighted by Crippen LogP contribution is 2.16. The molecule has 0 atom stereocenters. The Morgan fingerprint density at radius 1 is 1.04 bits per heavy atom. The predicted octanol–water partition coefficient (Wildman–Crippen LogP) is 3.63. The summed E-state index contributed by atoms with van der Waals surface area (Å²) in [5, 5.41) is 6.00. The van der Waals surface area contributed by atoms with E-state index in [1.165, 1.54) is 6.92 Å². The number of ketones is 1. The summed E-state index contributed by atoms with van der Waals surface area (Å²) < 4.78 is 0. The monoisotopic (exact) mass is 372 g/mol. The van der Waals surface area contributed by atoms with Crippen molar-refractivity contribution in [2.75, 3.05) is 28.7 Å². The van der Waals surface area contributed by atoms with Gasteiger partial charge in [0.2, 0.25) is 11.9 Å². The second-order valence-corrected chi connectivity index (χ2v) is 6.94. The lowest BCUT2D eigenvalue weighted by Crippen LogP contribution is -2.14. The molecule has 1 aromatic carbocycles. The fraction of sp³-hybridized carbons (Fsp3) is 0.368. The minimum absolute atomic E-state index is 0.0500. The number of Topliss-reactive ketones (excluding diaryl/α,β-unsaturated/α-hetero) is 1. The molecule has 0 saturated carbocycles. The molecule has 1 aromatic heterocycles. The number of nitrogens with zero attached hydrogens (tertiary/aromatic N) is 2. The first-order valence-electron chi connectivity index (χ1n) is 8.65. The molecule has 2 rings (SSSR count). The number of aromatic nitrogens is 2. The molecular weight excluding hydrogens is 348 g/mol. The summed E-state index contributed by atoms with van der Waals surface area (Å²) in [7, 11) is 0. The van der Waals surface area contributed by atoms with Crippen LogP contribution in [0.15, 0.2) is 42.7 Å². The van der Waals surface area contributed by atoms with Gasteiger partial charge in [0.25, 0.3) is 0 Å². The van der Waals surface area contributed by atoms with Gasteiger partial charge in [-0.05, 0) is 49.5 Å². The van der Waals surface area contributed by atoms with Crippen LogP contribution >= 0.6 is 11.8 Å². The SMILES string of the molecule is CC(=O)c1ccccc1NC(=O)CCCSCCCNc1ncccn1. The van der Waals surface area contributed by atoms with Crippen molar-refractivity contribution in [2.24, 2.45) is 0 Å². The molecular formula is C19H24N4O2S. The van der Waals surface area contributed by atoms with Crippen molar-refractivity contribution in [3.8, 4) is 0 Å². The molecule has 138 valence electrons. The molecule has 2 aromatic rings. The minimum Gasteiger partial charge on any atom is -0.354 e. The van der Waals surface area contributed by atoms with Crippen molar-refractivity contribution >= 4 is 35.1 Å². The molecule has 0 unspecified atom stereocenters. The number of thioether (sulfide) groups is 1. The van der Waals surface area contributed by atoms with Gasteiger partial charge in [0, 0.05) is 30.9 Å². The van der Waals surface area contributed by atoms with Gasteiger partial charge in [-0.25, -0.2) is 9.97 Å². The smallest absolute Gasteiger partial charge is 0.224 e. The summed E-state index contributed by atoms with van der Waals surface area (Å²) in [6.07, 6.45) is 5.71. The van der Waals surface area contributed by atoms with Crippen LogP contribution in [0, 0.1) is 0 Å². The highest BCUT2D eigenvalue weighted by Gasteiger charge is 2.09. The number of nitrogens with one attached hydrogen (secondary N) is 2. The van der Waals surface area contributed by atoms with Crippen LogP contribution in [0.5, 0.6) is 0 Å². The Kier molecular flexibility index (Phi) is 8.62. The van der Waals surface area contributed by atoms with E-state index < -0.39 is 0 Å². The molecule has 0 aliphatic heterocycles. The number of rotatable bonds is 11. The van der Waals surface area contributed by atoms with Gasteiger partial charge in [-0.2, -0.15) is 11.8 Å². The number of amides is 1. The van der Waals surface area contributed by atoms with E-state index in [9.17, 15) is 9.59 Å². The molecule has 0 radical (unpaired) electrons. The molecule has 26 heavy (non-hydrogen) atoms. The normalized spacial score (nSPS) is 10.3. The largest absolute Gasteiger partial charge is 0.354 e. The van der Waals surface area contributed by atoms with E-state index in [4.69, 9.17) is 0 Å². The van der Waals surface area contributed by atoms with Crippen LogP contribution in [-0.2, 0) is 4.79 Å². The van der Waals surface area contributed by atoms with Crippen LogP contribution in [0.3, 0.4) is 0 Å². The highest BCUT2D eigenvalue weighted by atomic mass is 32.2. The molecule has 0 spiro atoms. The first-order chi connectivity index (χ1) is 12.7. The van der Waals surface area contributed by atoms with Gasteiger partial charge >= 0.3 is 0 Å². The Balaban J connectivity index is 1.54. The molecule has 0 bridgehead atoms. The Hall–Kier alpha value is -2.41. The Morgan fingerprint density at radius 3 is 2.54 bits per heavy atom. The molecule has 1 amide bonds. The lowest BCUT2D eigenvalue weighted by atomic mass is 10.1. The van der Waals surface area contributed by atoms with E-state index in [-0.39, 0.29) is 11.7 Å². The number of carbonyl (C=O) groups is 2. The summed E-state index contributed by atoms with van der Waals surface area (Å²) in [6, 6.07) is 8.87. The average Bonchev–Trinajstić information content (AvgIpc) is 2.65. The third kappa shape index (κ3) is 7.23. The third-order valence-corrected chi connectivity index (χ3v) is 4.74. The maximum atomic E-state index is 12.0. The van der Waals surface area contributed by atoms with Gasteiger partial charge in [0.15, 0.2) is 5.78 Å². The summed E-state index contributed by atoms with van der Waals surface area (Å²) in [5.41, 5.74) is 1.14. The lowest BCUT2D eigenvalue weighted by molar-refractivity contribution is -0.116. The summed E-state index contributed by atoms with van der Waals surface area (Å²) >= 11 is 1.83. The van der Waals surface area contributed by atoms with Crippen LogP contribution < -0.4 is 10.6 Å². The van der Waals surface area contributed by atoms with E-state index in [1.807, 2.05) is 17.8 Å². The topological polar surface area (TPSA) is 84.0 Å². The summed E-state index contributed by atoms with van der Waals surface area (Å²) in [6.45, 7) is 2.33. The Labute approximate surface area is 158 Å².